The third kappa shape index (κ3) is 9.36. The Labute approximate surface area is 608 Å². The third-order valence-electron chi connectivity index (χ3n) is 23.5. The molecule has 0 aliphatic heterocycles. The van der Waals surface area contributed by atoms with Crippen LogP contribution >= 0.6 is 0 Å². The van der Waals surface area contributed by atoms with E-state index in [1.165, 1.54) is 149 Å². The maximum Gasteiger partial charge on any atom is 0.0561 e. The van der Waals surface area contributed by atoms with Gasteiger partial charge in [-0.1, -0.05) is 290 Å². The lowest BCUT2D eigenvalue weighted by Gasteiger charge is -2.29. The minimum Gasteiger partial charge on any atom is -0.310 e. The van der Waals surface area contributed by atoms with Gasteiger partial charge in [-0.15, -0.1) is 0 Å². The van der Waals surface area contributed by atoms with Gasteiger partial charge in [-0.3, -0.25) is 0 Å². The molecule has 3 aliphatic carbocycles. The quantitative estimate of drug-likeness (QED) is 0.128. The molecule has 0 amide bonds. The van der Waals surface area contributed by atoms with Gasteiger partial charge in [-0.25, -0.2) is 0 Å². The van der Waals surface area contributed by atoms with E-state index in [1.807, 2.05) is 0 Å². The average Bonchev–Trinajstić information content (AvgIpc) is 1.56. The Bertz CT molecular complexity index is 6370. The van der Waals surface area contributed by atoms with Gasteiger partial charge < -0.3 is 14.4 Å². The summed E-state index contributed by atoms with van der Waals surface area (Å²) >= 11 is 0. The Morgan fingerprint density at radius 2 is 0.644 bits per heavy atom. The van der Waals surface area contributed by atoms with Crippen molar-refractivity contribution in [1.29, 1.82) is 0 Å². The van der Waals surface area contributed by atoms with E-state index in [2.05, 4.69) is 402 Å². The minimum atomic E-state index is -0.325. The second kappa shape index (κ2) is 23.2. The molecule has 3 heteroatoms. The van der Waals surface area contributed by atoms with Gasteiger partial charge in [0.25, 0.3) is 0 Å². The van der Waals surface area contributed by atoms with Gasteiger partial charge in [0.15, 0.2) is 0 Å². The fourth-order valence-corrected chi connectivity index (χ4v) is 18.5. The minimum absolute atomic E-state index is 0.168. The predicted molar refractivity (Wildman–Crippen MR) is 440 cm³/mol. The molecule has 0 atom stereocenters. The first-order valence-corrected chi connectivity index (χ1v) is 36.6. The van der Waals surface area contributed by atoms with Gasteiger partial charge >= 0.3 is 0 Å². The number of para-hydroxylation sites is 3. The summed E-state index contributed by atoms with van der Waals surface area (Å²) in [6.07, 6.45) is 0. The molecule has 1 aromatic heterocycles. The zero-order valence-corrected chi connectivity index (χ0v) is 59.3. The predicted octanol–water partition coefficient (Wildman–Crippen LogP) is 27.6. The highest BCUT2D eigenvalue weighted by atomic mass is 15.2. The molecule has 0 bridgehead atoms. The van der Waals surface area contributed by atoms with E-state index in [0.717, 1.165) is 45.3 Å². The van der Waals surface area contributed by atoms with E-state index >= 15 is 0 Å². The van der Waals surface area contributed by atoms with Crippen LogP contribution in [0, 0.1) is 0 Å². The lowest BCUT2D eigenvalue weighted by atomic mass is 9.79. The number of hydrogen-bond acceptors (Lipinski definition) is 2. The molecule has 0 saturated heterocycles. The fraction of sp³-hybridized carbons (Fsp3) is 0.0891. The second-order valence-corrected chi connectivity index (χ2v) is 30.4. The zero-order valence-electron chi connectivity index (χ0n) is 59.3. The second-order valence-electron chi connectivity index (χ2n) is 30.4. The Hall–Kier alpha value is -12.6. The molecule has 1 heterocycles. The van der Waals surface area contributed by atoms with Gasteiger partial charge in [0.1, 0.15) is 0 Å². The summed E-state index contributed by atoms with van der Waals surface area (Å²) in [5, 5.41) is 7.49. The Kier molecular flexibility index (Phi) is 13.7. The smallest absolute Gasteiger partial charge is 0.0561 e. The first kappa shape index (κ1) is 61.3. The normalized spacial score (nSPS) is 13.9. The Morgan fingerprint density at radius 1 is 0.221 bits per heavy atom. The van der Waals surface area contributed by atoms with Gasteiger partial charge in [-0.05, 0) is 224 Å². The average molecular weight is 1330 g/mol. The molecule has 0 saturated carbocycles. The molecule has 20 rings (SSSR count). The van der Waals surface area contributed by atoms with Crippen LogP contribution in [0.15, 0.2) is 346 Å². The molecule has 0 unspecified atom stereocenters. The molecular weight excluding hydrogens is 1260 g/mol. The Balaban J connectivity index is 0.679. The first-order valence-electron chi connectivity index (χ1n) is 36.6. The topological polar surface area (TPSA) is 11.4 Å². The number of nitrogens with zero attached hydrogens (tertiary/aromatic N) is 3. The number of aromatic nitrogens is 1. The molecule has 3 aliphatic rings. The van der Waals surface area contributed by atoms with Gasteiger partial charge in [0.05, 0.1) is 16.7 Å². The summed E-state index contributed by atoms with van der Waals surface area (Å²) in [7, 11) is 0. The molecule has 3 nitrogen and oxygen atoms in total. The van der Waals surface area contributed by atoms with Crippen LogP contribution in [0.5, 0.6) is 0 Å². The molecule has 494 valence electrons. The highest BCUT2D eigenvalue weighted by molar-refractivity contribution is 6.11. The molecule has 16 aromatic carbocycles. The fourth-order valence-electron chi connectivity index (χ4n) is 18.5. The van der Waals surface area contributed by atoms with Crippen molar-refractivity contribution in [1.82, 2.24) is 4.57 Å². The number of hydrogen-bond donors (Lipinski definition) is 0. The van der Waals surface area contributed by atoms with Crippen molar-refractivity contribution in [2.45, 2.75) is 57.8 Å². The van der Waals surface area contributed by atoms with Crippen LogP contribution in [0.3, 0.4) is 0 Å². The molecule has 0 spiro atoms. The highest BCUT2D eigenvalue weighted by Gasteiger charge is 2.41. The SMILES string of the molecule is CC1(C)c2ccc(-c3ccc4c(c3)C(C)(C)c3c-4ccc4ccc(N(c5ccc6c7ccccc7n(-c7ccccc7)c6c5)c5ccccc5-c5ccccc5)cc34)cc2-c2ccc(N(c3ccc(-c4ccccc4-c4ccccc4)cc3)c3ccc4ccc5c(c4c3)C(C)(C)c3ccccc3-5)cc21. The molecular formula is C101H75N3. The van der Waals surface area contributed by atoms with Crippen molar-refractivity contribution < 1.29 is 0 Å². The van der Waals surface area contributed by atoms with Gasteiger partial charge in [-0.2, -0.15) is 0 Å². The van der Waals surface area contributed by atoms with Gasteiger partial charge in [0, 0.05) is 66.7 Å². The van der Waals surface area contributed by atoms with Crippen molar-refractivity contribution in [3.8, 4) is 83.6 Å². The number of rotatable bonds is 11. The Morgan fingerprint density at radius 3 is 1.34 bits per heavy atom. The van der Waals surface area contributed by atoms with E-state index in [4.69, 9.17) is 0 Å². The number of fused-ring (bicyclic) bond motifs is 16. The summed E-state index contributed by atoms with van der Waals surface area (Å²) in [5.74, 6) is 0. The molecule has 0 N–H and O–H groups in total. The summed E-state index contributed by atoms with van der Waals surface area (Å²) < 4.78 is 2.42. The van der Waals surface area contributed by atoms with Crippen molar-refractivity contribution in [3.05, 3.63) is 379 Å². The van der Waals surface area contributed by atoms with E-state index in [-0.39, 0.29) is 16.2 Å². The third-order valence-corrected chi connectivity index (χ3v) is 23.5. The molecule has 0 radical (unpaired) electrons. The van der Waals surface area contributed by atoms with Crippen LogP contribution in [-0.2, 0) is 16.2 Å². The lowest BCUT2D eigenvalue weighted by Crippen LogP contribution is -2.17. The highest BCUT2D eigenvalue weighted by Crippen LogP contribution is 2.57. The van der Waals surface area contributed by atoms with Gasteiger partial charge in [0.2, 0.25) is 0 Å². The van der Waals surface area contributed by atoms with Crippen molar-refractivity contribution in [2.24, 2.45) is 0 Å². The van der Waals surface area contributed by atoms with Crippen LogP contribution in [0.2, 0.25) is 0 Å². The summed E-state index contributed by atoms with van der Waals surface area (Å²) in [4.78, 5) is 4.99. The van der Waals surface area contributed by atoms with E-state index in [0.29, 0.717) is 0 Å². The summed E-state index contributed by atoms with van der Waals surface area (Å²) in [6.45, 7) is 14.5. The lowest BCUT2D eigenvalue weighted by molar-refractivity contribution is 0.660. The van der Waals surface area contributed by atoms with E-state index < -0.39 is 0 Å². The summed E-state index contributed by atoms with van der Waals surface area (Å²) in [6, 6.07) is 130. The van der Waals surface area contributed by atoms with Crippen LogP contribution in [0.25, 0.3) is 127 Å². The van der Waals surface area contributed by atoms with Crippen LogP contribution < -0.4 is 9.80 Å². The van der Waals surface area contributed by atoms with Crippen LogP contribution in [0.4, 0.5) is 34.1 Å². The standard InChI is InChI=1S/C101H75N3/c1-99(2)91-57-45-69(58-89(91)82-55-50-75(62-93(82)99)102(72-46-38-66(39-47-72)78-31-17-16-30-77(78)64-24-10-7-11-25-64)73-48-40-67-42-53-85-80-33-18-21-35-90(80)100(3,4)97(85)87(67)60-73)70-44-52-81-86-54-43-68-41-49-74(61-88(68)98(86)101(5,6)92(81)59-70)103(94-36-22-19-32-79(94)65-26-12-8-13-27-65)76-51-56-84-83-34-20-23-37-95(83)104(96(84)63-76)71-28-14-9-15-29-71/h7-63H,1-6H3. The van der Waals surface area contributed by atoms with Crippen molar-refractivity contribution >= 4 is 77.5 Å². The van der Waals surface area contributed by atoms with Crippen LogP contribution in [0.1, 0.15) is 74.9 Å². The molecule has 17 aromatic rings. The zero-order chi connectivity index (χ0) is 69.7. The number of benzene rings is 16. The van der Waals surface area contributed by atoms with E-state index in [1.54, 1.807) is 0 Å². The largest absolute Gasteiger partial charge is 0.310 e. The number of anilines is 6. The summed E-state index contributed by atoms with van der Waals surface area (Å²) in [5.41, 5.74) is 35.0. The van der Waals surface area contributed by atoms with Crippen molar-refractivity contribution in [3.63, 3.8) is 0 Å². The van der Waals surface area contributed by atoms with E-state index in [9.17, 15) is 0 Å². The maximum atomic E-state index is 2.50. The monoisotopic (exact) mass is 1330 g/mol. The first-order chi connectivity index (χ1) is 50.8. The molecule has 0 fully saturated rings. The maximum absolute atomic E-state index is 2.50. The van der Waals surface area contributed by atoms with Crippen molar-refractivity contribution in [2.75, 3.05) is 9.80 Å². The molecule has 104 heavy (non-hydrogen) atoms. The van der Waals surface area contributed by atoms with Crippen LogP contribution in [-0.4, -0.2) is 4.57 Å².